The molecule has 3 N–H and O–H groups in total. The highest BCUT2D eigenvalue weighted by Gasteiger charge is 2.13. The zero-order valence-electron chi connectivity index (χ0n) is 10.9. The van der Waals surface area contributed by atoms with E-state index in [1.165, 1.54) is 12.8 Å². The molecule has 0 atom stereocenters. The van der Waals surface area contributed by atoms with Gasteiger partial charge >= 0.3 is 0 Å². The topological polar surface area (TPSA) is 64.4 Å². The van der Waals surface area contributed by atoms with Crippen LogP contribution in [0.2, 0.25) is 0 Å². The van der Waals surface area contributed by atoms with Crippen molar-refractivity contribution in [3.63, 3.8) is 0 Å². The number of halogens is 1. The van der Waals surface area contributed by atoms with Crippen LogP contribution in [-0.2, 0) is 11.2 Å². The first-order valence-corrected chi connectivity index (χ1v) is 6.45. The summed E-state index contributed by atoms with van der Waals surface area (Å²) >= 11 is 0. The van der Waals surface area contributed by atoms with E-state index < -0.39 is 0 Å². The Morgan fingerprint density at radius 2 is 1.89 bits per heavy atom. The van der Waals surface area contributed by atoms with E-state index in [1.807, 2.05) is 24.3 Å². The molecule has 0 radical (unpaired) electrons. The standard InChI is InChI=1S/C14H20N2O2.ClH/c15-14(17)9-11-1-3-13(4-2-11)18-10-12-5-7-16-8-6-12;/h1-4,12,16H,5-10H2,(H2,15,17);1H. The predicted molar refractivity (Wildman–Crippen MR) is 77.7 cm³/mol. The van der Waals surface area contributed by atoms with E-state index in [0.29, 0.717) is 5.92 Å². The van der Waals surface area contributed by atoms with Gasteiger partial charge in [-0.1, -0.05) is 12.1 Å². The zero-order chi connectivity index (χ0) is 12.8. The number of primary amides is 1. The summed E-state index contributed by atoms with van der Waals surface area (Å²) in [5.74, 6) is 1.21. The second-order valence-corrected chi connectivity index (χ2v) is 4.79. The minimum Gasteiger partial charge on any atom is -0.493 e. The Bertz CT molecular complexity index is 389. The Balaban J connectivity index is 0.00000180. The number of benzene rings is 1. The van der Waals surface area contributed by atoms with Crippen LogP contribution in [0.25, 0.3) is 0 Å². The smallest absolute Gasteiger partial charge is 0.221 e. The van der Waals surface area contributed by atoms with Gasteiger partial charge in [0.25, 0.3) is 0 Å². The van der Waals surface area contributed by atoms with Gasteiger partial charge in [-0.3, -0.25) is 4.79 Å². The quantitative estimate of drug-likeness (QED) is 0.861. The molecule has 0 aliphatic carbocycles. The molecule has 1 heterocycles. The molecule has 1 aromatic carbocycles. The Morgan fingerprint density at radius 1 is 1.26 bits per heavy atom. The lowest BCUT2D eigenvalue weighted by Crippen LogP contribution is -2.30. The average molecular weight is 285 g/mol. The molecular weight excluding hydrogens is 264 g/mol. The van der Waals surface area contributed by atoms with E-state index in [2.05, 4.69) is 5.32 Å². The summed E-state index contributed by atoms with van der Waals surface area (Å²) in [6.07, 6.45) is 2.65. The van der Waals surface area contributed by atoms with Crippen molar-refractivity contribution in [3.8, 4) is 5.75 Å². The summed E-state index contributed by atoms with van der Waals surface area (Å²) < 4.78 is 5.76. The Morgan fingerprint density at radius 3 is 2.47 bits per heavy atom. The van der Waals surface area contributed by atoms with E-state index in [4.69, 9.17) is 10.5 Å². The molecule has 1 fully saturated rings. The molecule has 5 heteroatoms. The molecule has 1 aliphatic heterocycles. The van der Waals surface area contributed by atoms with Crippen molar-refractivity contribution in [3.05, 3.63) is 29.8 Å². The third kappa shape index (κ3) is 5.49. The lowest BCUT2D eigenvalue weighted by molar-refractivity contribution is -0.117. The fourth-order valence-corrected chi connectivity index (χ4v) is 2.17. The summed E-state index contributed by atoms with van der Waals surface area (Å²) in [4.78, 5) is 10.8. The van der Waals surface area contributed by atoms with Crippen molar-refractivity contribution in [1.82, 2.24) is 5.32 Å². The number of piperidine rings is 1. The number of amides is 1. The highest BCUT2D eigenvalue weighted by atomic mass is 35.5. The number of ether oxygens (including phenoxy) is 1. The molecule has 0 saturated carbocycles. The second-order valence-electron chi connectivity index (χ2n) is 4.79. The van der Waals surface area contributed by atoms with Gasteiger partial charge in [0.05, 0.1) is 13.0 Å². The van der Waals surface area contributed by atoms with Gasteiger partial charge in [0.1, 0.15) is 5.75 Å². The van der Waals surface area contributed by atoms with Crippen LogP contribution >= 0.6 is 12.4 Å². The number of hydrogen-bond acceptors (Lipinski definition) is 3. The Hall–Kier alpha value is -1.26. The van der Waals surface area contributed by atoms with Gasteiger partial charge in [-0.2, -0.15) is 0 Å². The number of nitrogens with two attached hydrogens (primary N) is 1. The molecule has 1 aromatic rings. The molecule has 0 unspecified atom stereocenters. The fourth-order valence-electron chi connectivity index (χ4n) is 2.17. The molecule has 0 bridgehead atoms. The first kappa shape index (κ1) is 15.8. The van der Waals surface area contributed by atoms with Crippen LogP contribution in [-0.4, -0.2) is 25.6 Å². The molecule has 106 valence electrons. The van der Waals surface area contributed by atoms with Crippen LogP contribution in [0.3, 0.4) is 0 Å². The maximum atomic E-state index is 10.8. The minimum absolute atomic E-state index is 0. The van der Waals surface area contributed by atoms with Crippen molar-refractivity contribution in [2.75, 3.05) is 19.7 Å². The summed E-state index contributed by atoms with van der Waals surface area (Å²) in [5.41, 5.74) is 6.07. The van der Waals surface area contributed by atoms with Crippen molar-refractivity contribution >= 4 is 18.3 Å². The zero-order valence-corrected chi connectivity index (χ0v) is 11.7. The van der Waals surface area contributed by atoms with Crippen LogP contribution in [0, 0.1) is 5.92 Å². The monoisotopic (exact) mass is 284 g/mol. The molecular formula is C14H21ClN2O2. The van der Waals surface area contributed by atoms with E-state index in [-0.39, 0.29) is 24.7 Å². The fraction of sp³-hybridized carbons (Fsp3) is 0.500. The van der Waals surface area contributed by atoms with Crippen molar-refractivity contribution < 1.29 is 9.53 Å². The van der Waals surface area contributed by atoms with Gasteiger partial charge in [-0.15, -0.1) is 12.4 Å². The lowest BCUT2D eigenvalue weighted by Gasteiger charge is -2.22. The third-order valence-corrected chi connectivity index (χ3v) is 3.25. The van der Waals surface area contributed by atoms with Crippen molar-refractivity contribution in [1.29, 1.82) is 0 Å². The molecule has 0 aromatic heterocycles. The minimum atomic E-state index is -0.307. The molecule has 2 rings (SSSR count). The highest BCUT2D eigenvalue weighted by Crippen LogP contribution is 2.17. The van der Waals surface area contributed by atoms with E-state index in [0.717, 1.165) is 31.0 Å². The summed E-state index contributed by atoms with van der Waals surface area (Å²) in [6.45, 7) is 2.95. The maximum Gasteiger partial charge on any atom is 0.221 e. The van der Waals surface area contributed by atoms with Gasteiger partial charge in [-0.05, 0) is 49.5 Å². The highest BCUT2D eigenvalue weighted by molar-refractivity contribution is 5.85. The predicted octanol–water partition coefficient (Wildman–Crippen LogP) is 1.51. The van der Waals surface area contributed by atoms with Gasteiger partial charge in [0, 0.05) is 0 Å². The lowest BCUT2D eigenvalue weighted by atomic mass is 9.99. The average Bonchev–Trinajstić information content (AvgIpc) is 2.38. The van der Waals surface area contributed by atoms with Crippen LogP contribution in [0.1, 0.15) is 18.4 Å². The van der Waals surface area contributed by atoms with Gasteiger partial charge in [0.15, 0.2) is 0 Å². The molecule has 1 aliphatic rings. The van der Waals surface area contributed by atoms with Gasteiger partial charge in [-0.25, -0.2) is 0 Å². The van der Waals surface area contributed by atoms with E-state index in [9.17, 15) is 4.79 Å². The number of hydrogen-bond donors (Lipinski definition) is 2. The van der Waals surface area contributed by atoms with Crippen LogP contribution in [0.15, 0.2) is 24.3 Å². The summed E-state index contributed by atoms with van der Waals surface area (Å²) in [5, 5.41) is 3.34. The van der Waals surface area contributed by atoms with Crippen LogP contribution in [0.4, 0.5) is 0 Å². The van der Waals surface area contributed by atoms with Crippen molar-refractivity contribution in [2.24, 2.45) is 11.7 Å². The van der Waals surface area contributed by atoms with Gasteiger partial charge in [0.2, 0.25) is 5.91 Å². The molecule has 0 spiro atoms. The van der Waals surface area contributed by atoms with E-state index in [1.54, 1.807) is 0 Å². The first-order valence-electron chi connectivity index (χ1n) is 6.45. The number of carbonyl (C=O) groups excluding carboxylic acids is 1. The maximum absolute atomic E-state index is 10.8. The molecule has 1 saturated heterocycles. The molecule has 1 amide bonds. The van der Waals surface area contributed by atoms with E-state index >= 15 is 0 Å². The third-order valence-electron chi connectivity index (χ3n) is 3.25. The Labute approximate surface area is 120 Å². The van der Waals surface area contributed by atoms with Crippen LogP contribution in [0.5, 0.6) is 5.75 Å². The molecule has 19 heavy (non-hydrogen) atoms. The summed E-state index contributed by atoms with van der Waals surface area (Å²) in [7, 11) is 0. The largest absolute Gasteiger partial charge is 0.493 e. The first-order chi connectivity index (χ1) is 8.74. The van der Waals surface area contributed by atoms with Crippen molar-refractivity contribution in [2.45, 2.75) is 19.3 Å². The normalized spacial score (nSPS) is 15.6. The number of nitrogens with one attached hydrogen (secondary N) is 1. The number of rotatable bonds is 5. The number of carbonyl (C=O) groups is 1. The summed E-state index contributed by atoms with van der Waals surface area (Å²) in [6, 6.07) is 7.59. The van der Waals surface area contributed by atoms with Gasteiger partial charge < -0.3 is 15.8 Å². The second kappa shape index (κ2) is 8.02. The van der Waals surface area contributed by atoms with Crippen LogP contribution < -0.4 is 15.8 Å². The molecule has 4 nitrogen and oxygen atoms in total. The SMILES string of the molecule is Cl.NC(=O)Cc1ccc(OCC2CCNCC2)cc1. The Kier molecular flexibility index (Phi) is 6.67.